The Morgan fingerprint density at radius 1 is 1.00 bits per heavy atom. The molecule has 0 amide bonds. The number of nitrogens with zero attached hydrogens (tertiary/aromatic N) is 2. The van der Waals surface area contributed by atoms with E-state index in [1.54, 1.807) is 16.8 Å². The van der Waals surface area contributed by atoms with Crippen LogP contribution in [0.5, 0.6) is 0 Å². The third-order valence-electron chi connectivity index (χ3n) is 3.11. The van der Waals surface area contributed by atoms with Crippen molar-refractivity contribution in [2.75, 3.05) is 0 Å². The molecule has 1 aromatic carbocycles. The first kappa shape index (κ1) is 19.7. The van der Waals surface area contributed by atoms with E-state index >= 15 is 0 Å². The van der Waals surface area contributed by atoms with Gasteiger partial charge in [0, 0.05) is 6.20 Å². The van der Waals surface area contributed by atoms with Crippen LogP contribution in [0.1, 0.15) is 52.5 Å². The van der Waals surface area contributed by atoms with Crippen LogP contribution in [0.3, 0.4) is 0 Å². The summed E-state index contributed by atoms with van der Waals surface area (Å²) in [6.45, 7) is 9.13. The molecule has 0 fully saturated rings. The Bertz CT molecular complexity index is 743. The van der Waals surface area contributed by atoms with Gasteiger partial charge < -0.3 is 4.42 Å². The second kappa shape index (κ2) is 11.2. The Balaban J connectivity index is 0.000000355. The topological polar surface area (TPSA) is 48.0 Å². The number of aromatic nitrogens is 2. The van der Waals surface area contributed by atoms with Crippen LogP contribution < -0.4 is 5.69 Å². The fourth-order valence-corrected chi connectivity index (χ4v) is 1.77. The Labute approximate surface area is 144 Å². The molecule has 0 spiro atoms. The van der Waals surface area contributed by atoms with Gasteiger partial charge in [0.15, 0.2) is 0 Å². The lowest BCUT2D eigenvalue weighted by Gasteiger charge is -2.04. The molecule has 0 aliphatic rings. The summed E-state index contributed by atoms with van der Waals surface area (Å²) in [5, 5.41) is 0.834. The van der Waals surface area contributed by atoms with Crippen molar-refractivity contribution < 1.29 is 4.42 Å². The Morgan fingerprint density at radius 2 is 1.62 bits per heavy atom. The maximum absolute atomic E-state index is 11.7. The molecule has 4 nitrogen and oxygen atoms in total. The van der Waals surface area contributed by atoms with Gasteiger partial charge in [0.25, 0.3) is 0 Å². The van der Waals surface area contributed by atoms with Crippen molar-refractivity contribution in [2.45, 2.75) is 53.5 Å². The first-order valence-corrected chi connectivity index (χ1v) is 8.64. The second-order valence-corrected chi connectivity index (χ2v) is 5.53. The van der Waals surface area contributed by atoms with Crippen molar-refractivity contribution >= 4 is 11.1 Å². The van der Waals surface area contributed by atoms with E-state index in [-0.39, 0.29) is 5.69 Å². The zero-order valence-electron chi connectivity index (χ0n) is 15.2. The molecule has 0 bridgehead atoms. The summed E-state index contributed by atoms with van der Waals surface area (Å²) in [6.07, 6.45) is 7.19. The molecule has 0 aliphatic heterocycles. The van der Waals surface area contributed by atoms with Crippen LogP contribution in [-0.2, 0) is 6.54 Å². The van der Waals surface area contributed by atoms with Gasteiger partial charge in [0.05, 0.1) is 18.2 Å². The molecule has 0 N–H and O–H groups in total. The molecular weight excluding hydrogens is 300 g/mol. The minimum absolute atomic E-state index is 0.295. The van der Waals surface area contributed by atoms with Crippen LogP contribution >= 0.6 is 0 Å². The zero-order valence-corrected chi connectivity index (χ0v) is 15.2. The first-order valence-electron chi connectivity index (χ1n) is 8.64. The van der Waals surface area contributed by atoms with Crippen LogP contribution in [0, 0.1) is 0 Å². The molecule has 24 heavy (non-hydrogen) atoms. The van der Waals surface area contributed by atoms with E-state index in [1.807, 2.05) is 30.3 Å². The minimum atomic E-state index is -0.295. The summed E-state index contributed by atoms with van der Waals surface area (Å²) in [5.41, 5.74) is 1.16. The minimum Gasteiger partial charge on any atom is -0.446 e. The molecular formula is C20H28N2O2. The predicted octanol–water partition coefficient (Wildman–Crippen LogP) is 5.26. The molecule has 0 radical (unpaired) electrons. The van der Waals surface area contributed by atoms with E-state index in [2.05, 4.69) is 32.7 Å². The van der Waals surface area contributed by atoms with Crippen LogP contribution in [0.4, 0.5) is 0 Å². The molecule has 0 saturated heterocycles. The summed E-state index contributed by atoms with van der Waals surface area (Å²) >= 11 is 0. The smallest absolute Gasteiger partial charge is 0.351 e. The summed E-state index contributed by atoms with van der Waals surface area (Å²) in [7, 11) is 0. The van der Waals surface area contributed by atoms with Gasteiger partial charge in [-0.2, -0.15) is 4.98 Å². The van der Waals surface area contributed by atoms with E-state index in [4.69, 9.17) is 4.42 Å². The summed E-state index contributed by atoms with van der Waals surface area (Å²) in [5.74, 6) is 0. The van der Waals surface area contributed by atoms with Gasteiger partial charge in [0.1, 0.15) is 0 Å². The van der Waals surface area contributed by atoms with Crippen molar-refractivity contribution in [3.63, 3.8) is 0 Å². The molecule has 0 atom stereocenters. The largest absolute Gasteiger partial charge is 0.446 e. The number of unbranched alkanes of at least 4 members (excludes halogenated alkanes) is 1. The SMILES string of the molecule is CCC.CCCC.O=c1nc2occc2cn1Cc1ccccc1. The third-order valence-corrected chi connectivity index (χ3v) is 3.11. The number of hydrogen-bond donors (Lipinski definition) is 0. The van der Waals surface area contributed by atoms with Gasteiger partial charge in [-0.1, -0.05) is 77.3 Å². The fraction of sp³-hybridized carbons (Fsp3) is 0.400. The lowest BCUT2D eigenvalue weighted by atomic mass is 10.2. The van der Waals surface area contributed by atoms with Gasteiger partial charge in [-0.15, -0.1) is 0 Å². The standard InChI is InChI=1S/C13H10N2O2.C4H10.C3H8/c16-13-14-12-11(6-7-17-12)9-15(13)8-10-4-2-1-3-5-10;1-3-4-2;1-3-2/h1-7,9H,8H2;3-4H2,1-2H3;3H2,1-2H3. The maximum Gasteiger partial charge on any atom is 0.351 e. The van der Waals surface area contributed by atoms with Crippen LogP contribution in [0.15, 0.2) is 58.1 Å². The molecule has 0 saturated carbocycles. The number of hydrogen-bond acceptors (Lipinski definition) is 3. The van der Waals surface area contributed by atoms with Gasteiger partial charge in [-0.05, 0) is 11.6 Å². The predicted molar refractivity (Wildman–Crippen MR) is 100 cm³/mol. The lowest BCUT2D eigenvalue weighted by Crippen LogP contribution is -2.22. The summed E-state index contributed by atoms with van der Waals surface area (Å²) < 4.78 is 6.66. The van der Waals surface area contributed by atoms with Crippen molar-refractivity contribution in [3.05, 3.63) is 64.9 Å². The molecule has 3 aromatic rings. The highest BCUT2D eigenvalue weighted by Gasteiger charge is 2.04. The summed E-state index contributed by atoms with van der Waals surface area (Å²) in [4.78, 5) is 15.6. The Kier molecular flexibility index (Phi) is 9.20. The van der Waals surface area contributed by atoms with Gasteiger partial charge in [-0.3, -0.25) is 4.57 Å². The van der Waals surface area contributed by atoms with E-state index in [9.17, 15) is 4.79 Å². The molecule has 2 aromatic heterocycles. The first-order chi connectivity index (χ1) is 11.7. The summed E-state index contributed by atoms with van der Waals surface area (Å²) in [6, 6.07) is 11.6. The number of rotatable bonds is 3. The van der Waals surface area contributed by atoms with Gasteiger partial charge >= 0.3 is 5.69 Å². The van der Waals surface area contributed by atoms with Crippen LogP contribution in [0.25, 0.3) is 11.1 Å². The highest BCUT2D eigenvalue weighted by atomic mass is 16.3. The monoisotopic (exact) mass is 328 g/mol. The highest BCUT2D eigenvalue weighted by molar-refractivity contribution is 5.71. The molecule has 4 heteroatoms. The molecule has 2 heterocycles. The second-order valence-electron chi connectivity index (χ2n) is 5.53. The average Bonchev–Trinajstić information content (AvgIpc) is 3.04. The van der Waals surface area contributed by atoms with Crippen LogP contribution in [0.2, 0.25) is 0 Å². The molecule has 0 unspecified atom stereocenters. The molecule has 3 rings (SSSR count). The zero-order chi connectivity index (χ0) is 17.8. The third kappa shape index (κ3) is 6.41. The molecule has 130 valence electrons. The maximum atomic E-state index is 11.7. The van der Waals surface area contributed by atoms with Gasteiger partial charge in [0.2, 0.25) is 5.71 Å². The normalized spacial score (nSPS) is 9.67. The highest BCUT2D eigenvalue weighted by Crippen LogP contribution is 2.10. The van der Waals surface area contributed by atoms with E-state index in [0.29, 0.717) is 12.3 Å². The average molecular weight is 328 g/mol. The number of fused-ring (bicyclic) bond motifs is 1. The van der Waals surface area contributed by atoms with E-state index in [1.165, 1.54) is 25.5 Å². The fourth-order valence-electron chi connectivity index (χ4n) is 1.77. The quantitative estimate of drug-likeness (QED) is 0.659. The van der Waals surface area contributed by atoms with Crippen molar-refractivity contribution in [3.8, 4) is 0 Å². The Hall–Kier alpha value is -2.36. The number of benzene rings is 1. The van der Waals surface area contributed by atoms with Crippen molar-refractivity contribution in [1.29, 1.82) is 0 Å². The lowest BCUT2D eigenvalue weighted by molar-refractivity contribution is 0.595. The van der Waals surface area contributed by atoms with E-state index < -0.39 is 0 Å². The van der Waals surface area contributed by atoms with E-state index in [0.717, 1.165) is 10.9 Å². The van der Waals surface area contributed by atoms with Gasteiger partial charge in [-0.25, -0.2) is 4.79 Å². The van der Waals surface area contributed by atoms with Crippen molar-refractivity contribution in [2.24, 2.45) is 0 Å². The van der Waals surface area contributed by atoms with Crippen molar-refractivity contribution in [1.82, 2.24) is 9.55 Å². The van der Waals surface area contributed by atoms with Crippen LogP contribution in [-0.4, -0.2) is 9.55 Å². The number of furan rings is 1. The Morgan fingerprint density at radius 3 is 2.21 bits per heavy atom. The molecule has 0 aliphatic carbocycles.